The number of hydrogen-bond acceptors (Lipinski definition) is 2. The van der Waals surface area contributed by atoms with Crippen LogP contribution in [0.15, 0.2) is 6.33 Å². The highest BCUT2D eigenvalue weighted by Crippen LogP contribution is 2.41. The maximum atomic E-state index is 6.25. The molecule has 0 amide bonds. The molecule has 4 heteroatoms. The number of aromatic nitrogens is 3. The van der Waals surface area contributed by atoms with E-state index in [2.05, 4.69) is 30.9 Å². The second-order valence-corrected chi connectivity index (χ2v) is 5.28. The average molecular weight is 228 g/mol. The van der Waals surface area contributed by atoms with Gasteiger partial charge in [-0.25, -0.2) is 9.67 Å². The fourth-order valence-corrected chi connectivity index (χ4v) is 2.70. The molecule has 0 bridgehead atoms. The first kappa shape index (κ1) is 10.9. The van der Waals surface area contributed by atoms with Crippen molar-refractivity contribution in [1.82, 2.24) is 14.8 Å². The largest absolute Gasteiger partial charge is 0.247 e. The van der Waals surface area contributed by atoms with E-state index in [1.54, 1.807) is 6.33 Å². The van der Waals surface area contributed by atoms with E-state index in [1.165, 1.54) is 0 Å². The summed E-state index contributed by atoms with van der Waals surface area (Å²) in [5.41, 5.74) is 0. The van der Waals surface area contributed by atoms with Gasteiger partial charge in [0.2, 0.25) is 0 Å². The summed E-state index contributed by atoms with van der Waals surface area (Å²) in [6.07, 6.45) is 3.89. The van der Waals surface area contributed by atoms with Crippen molar-refractivity contribution in [2.24, 2.45) is 5.92 Å². The quantitative estimate of drug-likeness (QED) is 0.728. The monoisotopic (exact) mass is 227 g/mol. The van der Waals surface area contributed by atoms with Gasteiger partial charge in [-0.05, 0) is 32.6 Å². The van der Waals surface area contributed by atoms with E-state index < -0.39 is 0 Å². The molecule has 15 heavy (non-hydrogen) atoms. The molecule has 1 aromatic heterocycles. The van der Waals surface area contributed by atoms with Gasteiger partial charge in [0.05, 0.1) is 0 Å². The molecule has 0 aromatic carbocycles. The fraction of sp³-hybridized carbons (Fsp3) is 0.818. The first-order valence-corrected chi connectivity index (χ1v) is 6.08. The Labute approximate surface area is 95.8 Å². The van der Waals surface area contributed by atoms with Gasteiger partial charge in [-0.1, -0.05) is 6.92 Å². The Hall–Kier alpha value is -0.570. The van der Waals surface area contributed by atoms with Crippen molar-refractivity contribution < 1.29 is 0 Å². The van der Waals surface area contributed by atoms with Crippen molar-refractivity contribution in [1.29, 1.82) is 0 Å². The SMILES string of the molecule is CC1C(Cl)CCC1c1ncnn1C(C)C. The fourth-order valence-electron chi connectivity index (χ4n) is 2.40. The maximum Gasteiger partial charge on any atom is 0.138 e. The van der Waals surface area contributed by atoms with Gasteiger partial charge in [0, 0.05) is 17.3 Å². The summed E-state index contributed by atoms with van der Waals surface area (Å²) in [4.78, 5) is 4.40. The lowest BCUT2D eigenvalue weighted by molar-refractivity contribution is 0.438. The normalized spacial score (nSPS) is 31.4. The molecule has 0 spiro atoms. The summed E-state index contributed by atoms with van der Waals surface area (Å²) in [5.74, 6) is 2.10. The van der Waals surface area contributed by atoms with Crippen molar-refractivity contribution in [2.45, 2.75) is 50.9 Å². The van der Waals surface area contributed by atoms with Gasteiger partial charge in [-0.3, -0.25) is 0 Å². The topological polar surface area (TPSA) is 30.7 Å². The summed E-state index contributed by atoms with van der Waals surface area (Å²) in [6.45, 7) is 6.49. The van der Waals surface area contributed by atoms with Gasteiger partial charge in [0.15, 0.2) is 0 Å². The molecule has 3 nitrogen and oxygen atoms in total. The van der Waals surface area contributed by atoms with Crippen molar-refractivity contribution in [3.8, 4) is 0 Å². The highest BCUT2D eigenvalue weighted by molar-refractivity contribution is 6.21. The first-order chi connectivity index (χ1) is 7.11. The van der Waals surface area contributed by atoms with Gasteiger partial charge >= 0.3 is 0 Å². The number of rotatable bonds is 2. The minimum atomic E-state index is 0.298. The zero-order valence-corrected chi connectivity index (χ0v) is 10.3. The highest BCUT2D eigenvalue weighted by atomic mass is 35.5. The predicted molar refractivity (Wildman–Crippen MR) is 61.2 cm³/mol. The molecule has 0 radical (unpaired) electrons. The molecule has 3 atom stereocenters. The third-order valence-electron chi connectivity index (χ3n) is 3.38. The predicted octanol–water partition coefficient (Wildman–Crippen LogP) is 2.98. The Kier molecular flexibility index (Phi) is 3.01. The molecular weight excluding hydrogens is 210 g/mol. The third-order valence-corrected chi connectivity index (χ3v) is 4.00. The average Bonchev–Trinajstić information content (AvgIpc) is 2.75. The molecule has 0 N–H and O–H groups in total. The Morgan fingerprint density at radius 2 is 2.20 bits per heavy atom. The summed E-state index contributed by atoms with van der Waals surface area (Å²) < 4.78 is 2.02. The molecular formula is C11H18ClN3. The summed E-state index contributed by atoms with van der Waals surface area (Å²) in [7, 11) is 0. The van der Waals surface area contributed by atoms with E-state index in [-0.39, 0.29) is 0 Å². The molecule has 84 valence electrons. The molecule has 3 unspecified atom stereocenters. The van der Waals surface area contributed by atoms with Crippen LogP contribution < -0.4 is 0 Å². The second kappa shape index (κ2) is 4.12. The molecule has 0 saturated heterocycles. The van der Waals surface area contributed by atoms with Gasteiger partial charge in [-0.2, -0.15) is 5.10 Å². The summed E-state index contributed by atoms with van der Waals surface area (Å²) >= 11 is 6.25. The zero-order valence-electron chi connectivity index (χ0n) is 9.52. The van der Waals surface area contributed by atoms with Crippen molar-refractivity contribution >= 4 is 11.6 Å². The number of nitrogens with zero attached hydrogens (tertiary/aromatic N) is 3. The van der Waals surface area contributed by atoms with Crippen LogP contribution >= 0.6 is 11.6 Å². The third kappa shape index (κ3) is 1.89. The zero-order chi connectivity index (χ0) is 11.0. The van der Waals surface area contributed by atoms with Crippen LogP contribution in [0.1, 0.15) is 51.4 Å². The number of halogens is 1. The molecule has 1 aromatic rings. The van der Waals surface area contributed by atoms with Gasteiger partial charge in [0.1, 0.15) is 12.2 Å². The Morgan fingerprint density at radius 1 is 1.47 bits per heavy atom. The smallest absolute Gasteiger partial charge is 0.138 e. The Balaban J connectivity index is 2.26. The minimum absolute atomic E-state index is 0.298. The van der Waals surface area contributed by atoms with Crippen LogP contribution in [0.5, 0.6) is 0 Å². The standard InChI is InChI=1S/C11H18ClN3/c1-7(2)15-11(13-6-14-15)9-4-5-10(12)8(9)3/h6-10H,4-5H2,1-3H3. The minimum Gasteiger partial charge on any atom is -0.247 e. The van der Waals surface area contributed by atoms with Crippen LogP contribution in [0.25, 0.3) is 0 Å². The van der Waals surface area contributed by atoms with Crippen LogP contribution in [-0.2, 0) is 0 Å². The van der Waals surface area contributed by atoms with Crippen LogP contribution in [0.2, 0.25) is 0 Å². The van der Waals surface area contributed by atoms with Crippen LogP contribution in [0.3, 0.4) is 0 Å². The number of alkyl halides is 1. The van der Waals surface area contributed by atoms with Crippen LogP contribution in [-0.4, -0.2) is 20.1 Å². The van der Waals surface area contributed by atoms with Gasteiger partial charge < -0.3 is 0 Å². The van der Waals surface area contributed by atoms with Crippen LogP contribution in [0.4, 0.5) is 0 Å². The molecule has 1 heterocycles. The van der Waals surface area contributed by atoms with Crippen LogP contribution in [0, 0.1) is 5.92 Å². The maximum absolute atomic E-state index is 6.25. The summed E-state index contributed by atoms with van der Waals surface area (Å²) in [6, 6.07) is 0.379. The Bertz CT molecular complexity index is 334. The van der Waals surface area contributed by atoms with E-state index in [1.807, 2.05) is 4.68 Å². The molecule has 0 aliphatic heterocycles. The highest BCUT2D eigenvalue weighted by Gasteiger charge is 2.35. The summed E-state index contributed by atoms with van der Waals surface area (Å²) in [5, 5.41) is 4.58. The molecule has 1 saturated carbocycles. The second-order valence-electron chi connectivity index (χ2n) is 4.72. The van der Waals surface area contributed by atoms with Crippen molar-refractivity contribution in [3.05, 3.63) is 12.2 Å². The van der Waals surface area contributed by atoms with E-state index >= 15 is 0 Å². The van der Waals surface area contributed by atoms with E-state index in [0.717, 1.165) is 18.7 Å². The molecule has 2 rings (SSSR count). The molecule has 1 fully saturated rings. The lowest BCUT2D eigenvalue weighted by atomic mass is 9.97. The molecule has 1 aliphatic carbocycles. The lowest BCUT2D eigenvalue weighted by Gasteiger charge is -2.18. The Morgan fingerprint density at radius 3 is 2.73 bits per heavy atom. The first-order valence-electron chi connectivity index (χ1n) is 5.64. The molecule has 1 aliphatic rings. The van der Waals surface area contributed by atoms with Crippen molar-refractivity contribution in [3.63, 3.8) is 0 Å². The lowest BCUT2D eigenvalue weighted by Crippen LogP contribution is -2.16. The van der Waals surface area contributed by atoms with Gasteiger partial charge in [-0.15, -0.1) is 11.6 Å². The van der Waals surface area contributed by atoms with E-state index in [4.69, 9.17) is 11.6 Å². The van der Waals surface area contributed by atoms with E-state index in [0.29, 0.717) is 23.3 Å². The van der Waals surface area contributed by atoms with Gasteiger partial charge in [0.25, 0.3) is 0 Å². The van der Waals surface area contributed by atoms with E-state index in [9.17, 15) is 0 Å². The number of hydrogen-bond donors (Lipinski definition) is 0. The van der Waals surface area contributed by atoms with Crippen molar-refractivity contribution in [2.75, 3.05) is 0 Å².